The number of imide groups is 2. The molecule has 12 nitrogen and oxygen atoms in total. The summed E-state index contributed by atoms with van der Waals surface area (Å²) in [7, 11) is 0. The number of nitriles is 1. The van der Waals surface area contributed by atoms with E-state index in [2.05, 4.69) is 33.0 Å². The third-order valence-electron chi connectivity index (χ3n) is 11.6. The average Bonchev–Trinajstić information content (AvgIpc) is 3.61. The second-order valence-electron chi connectivity index (χ2n) is 14.7. The lowest BCUT2D eigenvalue weighted by atomic mass is 10.0. The molecule has 3 fully saturated rings. The van der Waals surface area contributed by atoms with Crippen LogP contribution in [0.3, 0.4) is 0 Å². The molecule has 3 saturated heterocycles. The predicted molar refractivity (Wildman–Crippen MR) is 198 cm³/mol. The topological polar surface area (TPSA) is 137 Å². The Hall–Kier alpha value is -5.25. The van der Waals surface area contributed by atoms with E-state index in [4.69, 9.17) is 11.6 Å². The van der Waals surface area contributed by atoms with Crippen LogP contribution in [0, 0.1) is 11.3 Å². The fraction of sp³-hybridized carbons (Fsp3) is 0.400. The van der Waals surface area contributed by atoms with E-state index >= 15 is 0 Å². The summed E-state index contributed by atoms with van der Waals surface area (Å²) in [4.78, 5) is 74.2. The number of anilines is 2. The minimum absolute atomic E-state index is 0.0297. The summed E-state index contributed by atoms with van der Waals surface area (Å²) in [6, 6.07) is 18.9. The van der Waals surface area contributed by atoms with Gasteiger partial charge in [0, 0.05) is 81.3 Å². The summed E-state index contributed by atoms with van der Waals surface area (Å²) in [6.45, 7) is 7.31. The Morgan fingerprint density at radius 1 is 0.811 bits per heavy atom. The number of rotatable bonds is 5. The van der Waals surface area contributed by atoms with Crippen LogP contribution >= 0.6 is 11.6 Å². The van der Waals surface area contributed by atoms with E-state index in [1.54, 1.807) is 18.2 Å². The van der Waals surface area contributed by atoms with Crippen molar-refractivity contribution in [1.29, 1.82) is 5.26 Å². The molecule has 0 aliphatic carbocycles. The van der Waals surface area contributed by atoms with Crippen LogP contribution in [0.2, 0.25) is 5.02 Å². The smallest absolute Gasteiger partial charge is 0.262 e. The molecule has 1 unspecified atom stereocenters. The van der Waals surface area contributed by atoms with E-state index in [-0.39, 0.29) is 24.8 Å². The zero-order valence-corrected chi connectivity index (χ0v) is 30.3. The van der Waals surface area contributed by atoms with Crippen molar-refractivity contribution < 1.29 is 24.0 Å². The number of piperidine rings is 2. The normalized spacial score (nSPS) is 22.4. The predicted octanol–water partition coefficient (Wildman–Crippen LogP) is 4.34. The largest absolute Gasteiger partial charge is 0.370 e. The van der Waals surface area contributed by atoms with Gasteiger partial charge >= 0.3 is 0 Å². The number of halogens is 1. The number of carbonyl (C=O) groups is 5. The van der Waals surface area contributed by atoms with Crippen molar-refractivity contribution in [3.63, 3.8) is 0 Å². The highest BCUT2D eigenvalue weighted by molar-refractivity contribution is 6.32. The Labute approximate surface area is 312 Å². The third kappa shape index (κ3) is 6.42. The molecular formula is C40H40ClN7O5. The van der Waals surface area contributed by atoms with Crippen molar-refractivity contribution >= 4 is 52.5 Å². The van der Waals surface area contributed by atoms with E-state index in [0.29, 0.717) is 59.5 Å². The number of amides is 5. The molecule has 13 heteroatoms. The number of hydrogen-bond acceptors (Lipinski definition) is 9. The van der Waals surface area contributed by atoms with Gasteiger partial charge in [0.25, 0.3) is 17.7 Å². The lowest BCUT2D eigenvalue weighted by molar-refractivity contribution is -0.136. The Kier molecular flexibility index (Phi) is 9.16. The third-order valence-corrected chi connectivity index (χ3v) is 11.9. The van der Waals surface area contributed by atoms with Crippen LogP contribution in [0.1, 0.15) is 86.8 Å². The first-order chi connectivity index (χ1) is 25.6. The Morgan fingerprint density at radius 2 is 1.47 bits per heavy atom. The van der Waals surface area contributed by atoms with Crippen molar-refractivity contribution in [1.82, 2.24) is 20.0 Å². The molecule has 272 valence electrons. The fourth-order valence-electron chi connectivity index (χ4n) is 8.56. The van der Waals surface area contributed by atoms with Crippen LogP contribution < -0.4 is 15.1 Å². The Balaban J connectivity index is 0.851. The molecule has 5 aliphatic heterocycles. The number of fused-ring (bicyclic) bond motifs is 2. The van der Waals surface area contributed by atoms with Gasteiger partial charge in [0.2, 0.25) is 11.8 Å². The molecule has 5 amide bonds. The van der Waals surface area contributed by atoms with Crippen molar-refractivity contribution in [2.45, 2.75) is 70.2 Å². The van der Waals surface area contributed by atoms with E-state index in [1.165, 1.54) is 0 Å². The van der Waals surface area contributed by atoms with Crippen LogP contribution in [0.25, 0.3) is 0 Å². The highest BCUT2D eigenvalue weighted by Gasteiger charge is 2.45. The summed E-state index contributed by atoms with van der Waals surface area (Å²) in [5.41, 5.74) is 5.87. The standard InChI is InChI=1S/C40H40ClN7O5/c1-24-10-13-44(16-17-47(24)31-7-4-26(21-42)34(41)20-31)29-5-2-25(3-6-29)38(51)45-14-11-30(12-15-45)46-22-27-18-32-33(19-28(27)23-46)40(53)48(39(32)52)35-8-9-36(49)43-37(35)50/h2-7,18-20,24,30,35H,8-17,22-23H2,1H3,(H,43,49,50)/t24-,35?/m0/s1. The van der Waals surface area contributed by atoms with Crippen molar-refractivity contribution in [2.24, 2.45) is 0 Å². The summed E-state index contributed by atoms with van der Waals surface area (Å²) in [5, 5.41) is 12.0. The summed E-state index contributed by atoms with van der Waals surface area (Å²) in [5.74, 6) is -1.95. The molecule has 0 aromatic heterocycles. The van der Waals surface area contributed by atoms with Crippen LogP contribution in [-0.4, -0.2) is 95.1 Å². The first-order valence-electron chi connectivity index (χ1n) is 18.3. The highest BCUT2D eigenvalue weighted by atomic mass is 35.5. The molecule has 0 radical (unpaired) electrons. The Morgan fingerprint density at radius 3 is 2.09 bits per heavy atom. The highest BCUT2D eigenvalue weighted by Crippen LogP contribution is 2.36. The van der Waals surface area contributed by atoms with Gasteiger partial charge in [-0.15, -0.1) is 0 Å². The SMILES string of the molecule is C[C@H]1CCN(c2ccc(C(=O)N3CCC(N4Cc5cc6c(cc5C4)C(=O)N(C4CCC(=O)NC4=O)C6=O)CC3)cc2)CCN1c1ccc(C#N)c(Cl)c1. The molecule has 0 saturated carbocycles. The van der Waals surface area contributed by atoms with Crippen LogP contribution in [-0.2, 0) is 22.7 Å². The van der Waals surface area contributed by atoms with Gasteiger partial charge in [-0.1, -0.05) is 11.6 Å². The van der Waals surface area contributed by atoms with Crippen LogP contribution in [0.5, 0.6) is 0 Å². The minimum Gasteiger partial charge on any atom is -0.370 e. The number of benzene rings is 3. The molecule has 53 heavy (non-hydrogen) atoms. The first-order valence-corrected chi connectivity index (χ1v) is 18.7. The molecule has 3 aromatic carbocycles. The van der Waals surface area contributed by atoms with Gasteiger partial charge in [0.05, 0.1) is 21.7 Å². The lowest BCUT2D eigenvalue weighted by Crippen LogP contribution is -2.54. The molecular weight excluding hydrogens is 694 g/mol. The van der Waals surface area contributed by atoms with Crippen molar-refractivity contribution in [2.75, 3.05) is 42.5 Å². The molecule has 1 N–H and O–H groups in total. The first kappa shape index (κ1) is 34.8. The zero-order chi connectivity index (χ0) is 37.0. The van der Waals surface area contributed by atoms with Crippen molar-refractivity contribution in [3.05, 3.63) is 93.0 Å². The van der Waals surface area contributed by atoms with Gasteiger partial charge in [0.1, 0.15) is 12.1 Å². The maximum atomic E-state index is 13.6. The fourth-order valence-corrected chi connectivity index (χ4v) is 8.78. The van der Waals surface area contributed by atoms with E-state index < -0.39 is 29.7 Å². The summed E-state index contributed by atoms with van der Waals surface area (Å²) >= 11 is 6.34. The van der Waals surface area contributed by atoms with Gasteiger partial charge in [-0.2, -0.15) is 5.26 Å². The Bertz CT molecular complexity index is 2030. The quantitative estimate of drug-likeness (QED) is 0.380. The summed E-state index contributed by atoms with van der Waals surface area (Å²) < 4.78 is 0. The lowest BCUT2D eigenvalue weighted by Gasteiger charge is -2.36. The van der Waals surface area contributed by atoms with Crippen LogP contribution in [0.15, 0.2) is 54.6 Å². The molecule has 8 rings (SSSR count). The average molecular weight is 734 g/mol. The molecule has 0 spiro atoms. The van der Waals surface area contributed by atoms with E-state index in [1.807, 2.05) is 41.3 Å². The number of nitrogens with one attached hydrogen (secondary N) is 1. The number of likely N-dealkylation sites (tertiary alicyclic amines) is 1. The number of nitrogens with zero attached hydrogens (tertiary/aromatic N) is 6. The molecule has 3 aromatic rings. The van der Waals surface area contributed by atoms with E-state index in [9.17, 15) is 29.2 Å². The van der Waals surface area contributed by atoms with Crippen molar-refractivity contribution in [3.8, 4) is 6.07 Å². The maximum absolute atomic E-state index is 13.6. The molecule has 5 heterocycles. The number of carbonyl (C=O) groups excluding carboxylic acids is 5. The maximum Gasteiger partial charge on any atom is 0.262 e. The number of hydrogen-bond donors (Lipinski definition) is 1. The summed E-state index contributed by atoms with van der Waals surface area (Å²) in [6.07, 6.45) is 2.82. The van der Waals surface area contributed by atoms with Crippen LogP contribution in [0.4, 0.5) is 11.4 Å². The second kappa shape index (κ2) is 14.0. The minimum atomic E-state index is -0.977. The molecule has 5 aliphatic rings. The van der Waals surface area contributed by atoms with Gasteiger partial charge in [0.15, 0.2) is 0 Å². The van der Waals surface area contributed by atoms with E-state index in [0.717, 1.165) is 66.3 Å². The zero-order valence-electron chi connectivity index (χ0n) is 29.5. The molecule has 2 atom stereocenters. The monoisotopic (exact) mass is 733 g/mol. The van der Waals surface area contributed by atoms with Gasteiger partial charge in [-0.25, -0.2) is 0 Å². The second-order valence-corrected chi connectivity index (χ2v) is 15.1. The van der Waals surface area contributed by atoms with Gasteiger partial charge in [-0.05, 0) is 98.3 Å². The molecule has 0 bridgehead atoms. The van der Waals surface area contributed by atoms with Gasteiger partial charge < -0.3 is 14.7 Å². The van der Waals surface area contributed by atoms with Gasteiger partial charge in [-0.3, -0.25) is 39.1 Å².